The van der Waals surface area contributed by atoms with Crippen molar-refractivity contribution >= 4 is 18.4 Å². The maximum Gasteiger partial charge on any atom is 0.494 e. The molecule has 1 aromatic carbocycles. The van der Waals surface area contributed by atoms with Crippen molar-refractivity contribution in [2.24, 2.45) is 0 Å². The second-order valence-electron chi connectivity index (χ2n) is 7.84. The smallest absolute Gasteiger partial charge is 0.399 e. The molecule has 1 aliphatic heterocycles. The van der Waals surface area contributed by atoms with Crippen LogP contribution in [0.15, 0.2) is 48.8 Å². The lowest BCUT2D eigenvalue weighted by Gasteiger charge is -2.32. The Labute approximate surface area is 156 Å². The number of hydrogen-bond donors (Lipinski definition) is 0. The van der Waals surface area contributed by atoms with Gasteiger partial charge in [0.25, 0.3) is 0 Å². The van der Waals surface area contributed by atoms with Gasteiger partial charge in [-0.2, -0.15) is 0 Å². The second-order valence-corrected chi connectivity index (χ2v) is 7.84. The number of carbonyl (C=O) groups is 1. The van der Waals surface area contributed by atoms with Gasteiger partial charge in [0.05, 0.1) is 11.2 Å². The lowest BCUT2D eigenvalue weighted by atomic mass is 9.78. The molecule has 0 unspecified atom stereocenters. The van der Waals surface area contributed by atoms with Crippen LogP contribution < -0.4 is 5.46 Å². The van der Waals surface area contributed by atoms with Crippen molar-refractivity contribution in [3.05, 3.63) is 59.9 Å². The summed E-state index contributed by atoms with van der Waals surface area (Å²) >= 11 is 0. The van der Waals surface area contributed by atoms with E-state index in [1.54, 1.807) is 12.4 Å². The van der Waals surface area contributed by atoms with E-state index in [1.165, 1.54) is 5.56 Å². The molecule has 0 amide bonds. The lowest BCUT2D eigenvalue weighted by Crippen LogP contribution is -2.41. The van der Waals surface area contributed by atoms with Gasteiger partial charge in [-0.05, 0) is 63.7 Å². The van der Waals surface area contributed by atoms with E-state index in [9.17, 15) is 4.79 Å². The molecule has 136 valence electrons. The van der Waals surface area contributed by atoms with Gasteiger partial charge in [0.2, 0.25) is 0 Å². The van der Waals surface area contributed by atoms with Gasteiger partial charge in [-0.25, -0.2) is 0 Å². The van der Waals surface area contributed by atoms with Crippen molar-refractivity contribution in [1.82, 2.24) is 4.98 Å². The summed E-state index contributed by atoms with van der Waals surface area (Å²) in [6.07, 6.45) is 5.83. The van der Waals surface area contributed by atoms with E-state index in [0.717, 1.165) is 23.9 Å². The first-order valence-electron chi connectivity index (χ1n) is 9.16. The quantitative estimate of drug-likeness (QED) is 0.590. The summed E-state index contributed by atoms with van der Waals surface area (Å²) in [5, 5.41) is 0. The van der Waals surface area contributed by atoms with E-state index in [-0.39, 0.29) is 17.0 Å². The molecule has 5 heteroatoms. The lowest BCUT2D eigenvalue weighted by molar-refractivity contribution is 0.00578. The number of aryl methyl sites for hydroxylation is 1. The number of pyridine rings is 1. The van der Waals surface area contributed by atoms with Crippen LogP contribution >= 0.6 is 0 Å². The fourth-order valence-corrected chi connectivity index (χ4v) is 2.95. The molecular weight excluding hydrogens is 325 g/mol. The van der Waals surface area contributed by atoms with Crippen LogP contribution in [0.3, 0.4) is 0 Å². The molecule has 0 atom stereocenters. The van der Waals surface area contributed by atoms with E-state index in [4.69, 9.17) is 9.31 Å². The van der Waals surface area contributed by atoms with Crippen LogP contribution in [0.4, 0.5) is 0 Å². The molecule has 0 radical (unpaired) electrons. The van der Waals surface area contributed by atoms with Gasteiger partial charge in [0.1, 0.15) is 0 Å². The molecule has 0 spiro atoms. The molecule has 2 heterocycles. The minimum absolute atomic E-state index is 0.166. The van der Waals surface area contributed by atoms with Crippen molar-refractivity contribution < 1.29 is 14.1 Å². The molecule has 26 heavy (non-hydrogen) atoms. The first-order valence-corrected chi connectivity index (χ1v) is 9.16. The standard InChI is InChI=1S/C21H26BNO3/c1-20(2)21(3,4)26-22(25-20)18-10-8-17(9-11-18)19(24)7-5-6-16-12-14-23-15-13-16/h8-15H,5-7H2,1-4H3. The van der Waals surface area contributed by atoms with E-state index in [0.29, 0.717) is 6.42 Å². The zero-order chi connectivity index (χ0) is 18.8. The van der Waals surface area contributed by atoms with Crippen molar-refractivity contribution in [2.75, 3.05) is 0 Å². The number of nitrogens with zero attached hydrogens (tertiary/aromatic N) is 1. The molecule has 4 nitrogen and oxygen atoms in total. The van der Waals surface area contributed by atoms with Crippen LogP contribution in [0.2, 0.25) is 0 Å². The zero-order valence-corrected chi connectivity index (χ0v) is 16.0. The maximum absolute atomic E-state index is 12.4. The van der Waals surface area contributed by atoms with Crippen molar-refractivity contribution in [3.8, 4) is 0 Å². The molecular formula is C21H26BNO3. The zero-order valence-electron chi connectivity index (χ0n) is 16.0. The second kappa shape index (κ2) is 7.33. The predicted molar refractivity (Wildman–Crippen MR) is 104 cm³/mol. The summed E-state index contributed by atoms with van der Waals surface area (Å²) in [7, 11) is -0.393. The summed E-state index contributed by atoms with van der Waals surface area (Å²) in [4.78, 5) is 16.4. The molecule has 0 N–H and O–H groups in total. The fraction of sp³-hybridized carbons (Fsp3) is 0.429. The summed E-state index contributed by atoms with van der Waals surface area (Å²) in [5.74, 6) is 0.166. The number of carbonyl (C=O) groups excluding carboxylic acids is 1. The summed E-state index contributed by atoms with van der Waals surface area (Å²) in [5.41, 5.74) is 2.17. The Hall–Kier alpha value is -1.98. The average Bonchev–Trinajstić information content (AvgIpc) is 2.83. The number of benzene rings is 1. The van der Waals surface area contributed by atoms with Gasteiger partial charge in [-0.1, -0.05) is 24.3 Å². The third kappa shape index (κ3) is 4.05. The molecule has 0 aliphatic carbocycles. The highest BCUT2D eigenvalue weighted by molar-refractivity contribution is 6.62. The Morgan fingerprint density at radius 3 is 2.12 bits per heavy atom. The molecule has 1 aliphatic rings. The maximum atomic E-state index is 12.4. The molecule has 1 fully saturated rings. The minimum Gasteiger partial charge on any atom is -0.399 e. The molecule has 0 bridgehead atoms. The van der Waals surface area contributed by atoms with Crippen LogP contribution in [-0.2, 0) is 15.7 Å². The van der Waals surface area contributed by atoms with E-state index >= 15 is 0 Å². The first-order chi connectivity index (χ1) is 12.3. The average molecular weight is 351 g/mol. The highest BCUT2D eigenvalue weighted by atomic mass is 16.7. The Balaban J connectivity index is 1.57. The van der Waals surface area contributed by atoms with Crippen LogP contribution in [0.25, 0.3) is 0 Å². The SMILES string of the molecule is CC1(C)OB(c2ccc(C(=O)CCCc3ccncc3)cc2)OC1(C)C. The largest absolute Gasteiger partial charge is 0.494 e. The highest BCUT2D eigenvalue weighted by Crippen LogP contribution is 2.36. The number of Topliss-reactive ketones (excluding diaryl/α,β-unsaturated/α-hetero) is 1. The fourth-order valence-electron chi connectivity index (χ4n) is 2.95. The van der Waals surface area contributed by atoms with Crippen LogP contribution in [0.5, 0.6) is 0 Å². The highest BCUT2D eigenvalue weighted by Gasteiger charge is 2.51. The Morgan fingerprint density at radius 1 is 0.962 bits per heavy atom. The van der Waals surface area contributed by atoms with Gasteiger partial charge < -0.3 is 9.31 Å². The third-order valence-corrected chi connectivity index (χ3v) is 5.38. The van der Waals surface area contributed by atoms with Gasteiger partial charge in [-0.15, -0.1) is 0 Å². The van der Waals surface area contributed by atoms with E-state index in [2.05, 4.69) is 4.98 Å². The predicted octanol–water partition coefficient (Wildman–Crippen LogP) is 3.59. The molecule has 1 aromatic heterocycles. The monoisotopic (exact) mass is 351 g/mol. The van der Waals surface area contributed by atoms with Crippen molar-refractivity contribution in [3.63, 3.8) is 0 Å². The van der Waals surface area contributed by atoms with E-state index in [1.807, 2.05) is 64.1 Å². The van der Waals surface area contributed by atoms with Gasteiger partial charge in [-0.3, -0.25) is 9.78 Å². The number of rotatable bonds is 6. The van der Waals surface area contributed by atoms with Crippen LogP contribution in [0.1, 0.15) is 56.5 Å². The molecule has 2 aromatic rings. The van der Waals surface area contributed by atoms with Gasteiger partial charge in [0, 0.05) is 24.4 Å². The minimum atomic E-state index is -0.393. The molecule has 3 rings (SSSR count). The van der Waals surface area contributed by atoms with E-state index < -0.39 is 7.12 Å². The van der Waals surface area contributed by atoms with Gasteiger partial charge >= 0.3 is 7.12 Å². The van der Waals surface area contributed by atoms with Crippen LogP contribution in [0, 0.1) is 0 Å². The van der Waals surface area contributed by atoms with Crippen molar-refractivity contribution in [2.45, 2.75) is 58.2 Å². The van der Waals surface area contributed by atoms with Gasteiger partial charge in [0.15, 0.2) is 5.78 Å². The molecule has 0 saturated carbocycles. The summed E-state index contributed by atoms with van der Waals surface area (Å²) < 4.78 is 12.1. The number of ketones is 1. The first kappa shape index (κ1) is 18.8. The third-order valence-electron chi connectivity index (χ3n) is 5.38. The normalized spacial score (nSPS) is 18.1. The van der Waals surface area contributed by atoms with Crippen LogP contribution in [-0.4, -0.2) is 29.1 Å². The topological polar surface area (TPSA) is 48.4 Å². The number of hydrogen-bond acceptors (Lipinski definition) is 4. The molecule has 1 saturated heterocycles. The Morgan fingerprint density at radius 2 is 1.54 bits per heavy atom. The Kier molecular flexibility index (Phi) is 5.30. The summed E-state index contributed by atoms with van der Waals surface area (Å²) in [6, 6.07) is 11.6. The number of aromatic nitrogens is 1. The summed E-state index contributed by atoms with van der Waals surface area (Å²) in [6.45, 7) is 8.14. The van der Waals surface area contributed by atoms with Crippen molar-refractivity contribution in [1.29, 1.82) is 0 Å². The Bertz CT molecular complexity index is 741.